The molecule has 0 radical (unpaired) electrons. The van der Waals surface area contributed by atoms with Crippen LogP contribution >= 0.6 is 0 Å². The fraction of sp³-hybridized carbons (Fsp3) is 1.00. The number of rotatable bonds is 0. The zero-order valence-corrected chi connectivity index (χ0v) is 15.1. The SMILES string of the molecule is CC1CCCCC1.CC1CCCCC1.C[C@@H]1CCCNC1. The molecule has 0 aromatic carbocycles. The molecule has 2 aliphatic carbocycles. The third-order valence-corrected chi connectivity index (χ3v) is 5.33. The van der Waals surface area contributed by atoms with Gasteiger partial charge in [-0.25, -0.2) is 0 Å². The lowest BCUT2D eigenvalue weighted by Crippen LogP contribution is -2.27. The van der Waals surface area contributed by atoms with Crippen molar-refractivity contribution in [2.45, 2.75) is 97.8 Å². The third-order valence-electron chi connectivity index (χ3n) is 5.33. The first-order valence-electron chi connectivity index (χ1n) is 9.89. The summed E-state index contributed by atoms with van der Waals surface area (Å²) in [4.78, 5) is 0. The van der Waals surface area contributed by atoms with Crippen LogP contribution in [0.5, 0.6) is 0 Å². The van der Waals surface area contributed by atoms with Crippen LogP contribution in [0.4, 0.5) is 0 Å². The van der Waals surface area contributed by atoms with Crippen molar-refractivity contribution in [3.63, 3.8) is 0 Å². The Balaban J connectivity index is 0.000000157. The molecule has 1 N–H and O–H groups in total. The normalized spacial score (nSPS) is 27.9. The molecule has 0 aromatic rings. The maximum absolute atomic E-state index is 3.33. The van der Waals surface area contributed by atoms with Crippen molar-refractivity contribution >= 4 is 0 Å². The summed E-state index contributed by atoms with van der Waals surface area (Å²) in [5.74, 6) is 3.00. The van der Waals surface area contributed by atoms with Gasteiger partial charge in [0.2, 0.25) is 0 Å². The molecule has 2 saturated carbocycles. The fourth-order valence-corrected chi connectivity index (χ4v) is 3.64. The zero-order valence-electron chi connectivity index (χ0n) is 15.1. The highest BCUT2D eigenvalue weighted by Crippen LogP contribution is 2.22. The predicted molar refractivity (Wildman–Crippen MR) is 95.8 cm³/mol. The smallest absolute Gasteiger partial charge is 0.00231 e. The van der Waals surface area contributed by atoms with Gasteiger partial charge in [-0.3, -0.25) is 0 Å². The fourth-order valence-electron chi connectivity index (χ4n) is 3.64. The highest BCUT2D eigenvalue weighted by molar-refractivity contribution is 4.63. The molecule has 0 aromatic heterocycles. The number of hydrogen-bond acceptors (Lipinski definition) is 1. The molecule has 1 heteroatoms. The van der Waals surface area contributed by atoms with E-state index < -0.39 is 0 Å². The van der Waals surface area contributed by atoms with E-state index in [0.717, 1.165) is 17.8 Å². The Bertz CT molecular complexity index is 170. The Hall–Kier alpha value is -0.0400. The van der Waals surface area contributed by atoms with E-state index in [2.05, 4.69) is 26.1 Å². The van der Waals surface area contributed by atoms with E-state index in [1.54, 1.807) is 0 Å². The Morgan fingerprint density at radius 1 is 0.524 bits per heavy atom. The first-order valence-corrected chi connectivity index (χ1v) is 9.89. The van der Waals surface area contributed by atoms with Gasteiger partial charge in [-0.1, -0.05) is 85.0 Å². The van der Waals surface area contributed by atoms with Gasteiger partial charge in [0.15, 0.2) is 0 Å². The average Bonchev–Trinajstić information content (AvgIpc) is 2.51. The highest BCUT2D eigenvalue weighted by Gasteiger charge is 2.06. The molecule has 3 fully saturated rings. The van der Waals surface area contributed by atoms with E-state index in [1.165, 1.54) is 90.1 Å². The van der Waals surface area contributed by atoms with Gasteiger partial charge in [-0.2, -0.15) is 0 Å². The molecule has 1 atom stereocenters. The highest BCUT2D eigenvalue weighted by atomic mass is 14.9. The van der Waals surface area contributed by atoms with Crippen LogP contribution in [0.15, 0.2) is 0 Å². The molecule has 21 heavy (non-hydrogen) atoms. The Labute approximate surface area is 134 Å². The van der Waals surface area contributed by atoms with Crippen molar-refractivity contribution in [1.29, 1.82) is 0 Å². The molecule has 126 valence electrons. The van der Waals surface area contributed by atoms with Crippen LogP contribution in [0.2, 0.25) is 0 Å². The summed E-state index contributed by atoms with van der Waals surface area (Å²) in [7, 11) is 0. The van der Waals surface area contributed by atoms with Gasteiger partial charge in [0, 0.05) is 0 Å². The molecule has 1 heterocycles. The maximum Gasteiger partial charge on any atom is -0.00231 e. The van der Waals surface area contributed by atoms with Crippen molar-refractivity contribution in [1.82, 2.24) is 5.32 Å². The molecule has 1 aliphatic heterocycles. The topological polar surface area (TPSA) is 12.0 Å². The molecular weight excluding hydrogens is 254 g/mol. The summed E-state index contributed by atoms with van der Waals surface area (Å²) in [6, 6.07) is 0. The number of nitrogens with one attached hydrogen (secondary N) is 1. The molecule has 0 bridgehead atoms. The molecule has 1 nitrogen and oxygen atoms in total. The quantitative estimate of drug-likeness (QED) is 0.562. The molecule has 3 aliphatic rings. The summed E-state index contributed by atoms with van der Waals surface area (Å²) >= 11 is 0. The molecule has 0 spiro atoms. The van der Waals surface area contributed by atoms with Gasteiger partial charge < -0.3 is 5.32 Å². The molecule has 0 unspecified atom stereocenters. The van der Waals surface area contributed by atoms with E-state index >= 15 is 0 Å². The molecule has 3 rings (SSSR count). The number of hydrogen-bond donors (Lipinski definition) is 1. The minimum Gasteiger partial charge on any atom is -0.316 e. The minimum atomic E-state index is 0.925. The summed E-state index contributed by atoms with van der Waals surface area (Å²) in [6.45, 7) is 9.49. The van der Waals surface area contributed by atoms with Crippen LogP contribution in [0, 0.1) is 17.8 Å². The van der Waals surface area contributed by atoms with Crippen molar-refractivity contribution in [2.75, 3.05) is 13.1 Å². The summed E-state index contributed by atoms with van der Waals surface area (Å²) < 4.78 is 0. The Kier molecular flexibility index (Phi) is 11.3. The van der Waals surface area contributed by atoms with Crippen LogP contribution < -0.4 is 5.32 Å². The lowest BCUT2D eigenvalue weighted by Gasteiger charge is -2.17. The summed E-state index contributed by atoms with van der Waals surface area (Å²) in [5.41, 5.74) is 0. The van der Waals surface area contributed by atoms with Crippen LogP contribution in [0.3, 0.4) is 0 Å². The third kappa shape index (κ3) is 11.2. The van der Waals surface area contributed by atoms with Crippen molar-refractivity contribution in [3.8, 4) is 0 Å². The second-order valence-electron chi connectivity index (χ2n) is 7.94. The largest absolute Gasteiger partial charge is 0.316 e. The molecular formula is C20H41N. The van der Waals surface area contributed by atoms with Crippen molar-refractivity contribution in [2.24, 2.45) is 17.8 Å². The monoisotopic (exact) mass is 295 g/mol. The average molecular weight is 296 g/mol. The van der Waals surface area contributed by atoms with Gasteiger partial charge in [-0.05, 0) is 43.7 Å². The Morgan fingerprint density at radius 3 is 1.14 bits per heavy atom. The van der Waals surface area contributed by atoms with E-state index in [9.17, 15) is 0 Å². The van der Waals surface area contributed by atoms with Crippen LogP contribution in [0.25, 0.3) is 0 Å². The first-order chi connectivity index (χ1) is 10.2. The van der Waals surface area contributed by atoms with Gasteiger partial charge in [0.25, 0.3) is 0 Å². The van der Waals surface area contributed by atoms with Crippen LogP contribution in [-0.2, 0) is 0 Å². The van der Waals surface area contributed by atoms with Gasteiger partial charge in [0.05, 0.1) is 0 Å². The Morgan fingerprint density at radius 2 is 0.952 bits per heavy atom. The van der Waals surface area contributed by atoms with Crippen LogP contribution in [-0.4, -0.2) is 13.1 Å². The van der Waals surface area contributed by atoms with Gasteiger partial charge in [0.1, 0.15) is 0 Å². The predicted octanol–water partition coefficient (Wildman–Crippen LogP) is 6.18. The van der Waals surface area contributed by atoms with Crippen molar-refractivity contribution in [3.05, 3.63) is 0 Å². The van der Waals surface area contributed by atoms with E-state index in [0.29, 0.717) is 0 Å². The lowest BCUT2D eigenvalue weighted by atomic mass is 9.91. The van der Waals surface area contributed by atoms with Crippen molar-refractivity contribution < 1.29 is 0 Å². The van der Waals surface area contributed by atoms with E-state index in [-0.39, 0.29) is 0 Å². The van der Waals surface area contributed by atoms with Gasteiger partial charge >= 0.3 is 0 Å². The first kappa shape index (κ1) is 19.0. The van der Waals surface area contributed by atoms with Gasteiger partial charge in [-0.15, -0.1) is 0 Å². The second-order valence-corrected chi connectivity index (χ2v) is 7.94. The standard InChI is InChI=1S/2C7H14.C6H13N/c2*1-7-5-3-2-4-6-7;1-6-3-2-4-7-5-6/h2*7H,2-6H2,1H3;6-7H,2-5H2,1H3/t;;6-/m..1/s1. The maximum atomic E-state index is 3.33. The molecule has 0 amide bonds. The zero-order chi connectivity index (χ0) is 15.3. The molecule has 1 saturated heterocycles. The van der Waals surface area contributed by atoms with E-state index in [4.69, 9.17) is 0 Å². The van der Waals surface area contributed by atoms with Crippen LogP contribution in [0.1, 0.15) is 97.8 Å². The summed E-state index contributed by atoms with van der Waals surface area (Å²) in [6.07, 6.45) is 17.7. The van der Waals surface area contributed by atoms with E-state index in [1.807, 2.05) is 0 Å². The summed E-state index contributed by atoms with van der Waals surface area (Å²) in [5, 5.41) is 3.33. The minimum absolute atomic E-state index is 0.925. The second kappa shape index (κ2) is 12.5. The number of piperidine rings is 1. The lowest BCUT2D eigenvalue weighted by molar-refractivity contribution is 0.385.